The Morgan fingerprint density at radius 2 is 2.06 bits per heavy atom. The second-order valence-electron chi connectivity index (χ2n) is 5.32. The minimum Gasteiger partial charge on any atom is -0.441 e. The summed E-state index contributed by atoms with van der Waals surface area (Å²) in [6.07, 6.45) is 7.76. The molecule has 0 aliphatic heterocycles. The molecule has 3 heteroatoms. The molecule has 1 saturated carbocycles. The number of rotatable bonds is 3. The molecule has 1 aliphatic carbocycles. The molecule has 0 saturated heterocycles. The molecule has 1 heterocycles. The van der Waals surface area contributed by atoms with Crippen molar-refractivity contribution in [1.29, 1.82) is 0 Å². The molecular formula is C15H20N2O. The molecule has 96 valence electrons. The first kappa shape index (κ1) is 11.7. The lowest BCUT2D eigenvalue weighted by molar-refractivity contribution is 0.332. The zero-order chi connectivity index (χ0) is 12.4. The summed E-state index contributed by atoms with van der Waals surface area (Å²) in [6, 6.07) is 6.04. The van der Waals surface area contributed by atoms with E-state index >= 15 is 0 Å². The van der Waals surface area contributed by atoms with Crippen LogP contribution in [0.2, 0.25) is 0 Å². The number of hydrogen-bond donors (Lipinski definition) is 1. The normalized spacial score (nSPS) is 17.4. The first-order valence-electron chi connectivity index (χ1n) is 6.93. The van der Waals surface area contributed by atoms with E-state index in [1.54, 1.807) is 0 Å². The fourth-order valence-corrected chi connectivity index (χ4v) is 2.87. The largest absolute Gasteiger partial charge is 0.441 e. The summed E-state index contributed by atoms with van der Waals surface area (Å²) >= 11 is 0. The van der Waals surface area contributed by atoms with Crippen molar-refractivity contribution in [2.24, 2.45) is 11.7 Å². The van der Waals surface area contributed by atoms with E-state index in [4.69, 9.17) is 10.2 Å². The SMILES string of the molecule is NCc1ccc2nc(CC3CCCCC3)oc2c1. The highest BCUT2D eigenvalue weighted by atomic mass is 16.3. The van der Waals surface area contributed by atoms with Crippen LogP contribution in [0.3, 0.4) is 0 Å². The first-order chi connectivity index (χ1) is 8.85. The number of hydrogen-bond acceptors (Lipinski definition) is 3. The number of benzene rings is 1. The minimum absolute atomic E-state index is 0.550. The van der Waals surface area contributed by atoms with Gasteiger partial charge in [-0.3, -0.25) is 0 Å². The van der Waals surface area contributed by atoms with Gasteiger partial charge in [-0.2, -0.15) is 0 Å². The zero-order valence-electron chi connectivity index (χ0n) is 10.7. The number of nitrogens with zero attached hydrogens (tertiary/aromatic N) is 1. The summed E-state index contributed by atoms with van der Waals surface area (Å²) < 4.78 is 5.85. The van der Waals surface area contributed by atoms with Crippen LogP contribution >= 0.6 is 0 Å². The molecule has 0 radical (unpaired) electrons. The van der Waals surface area contributed by atoms with Crippen LogP contribution in [-0.4, -0.2) is 4.98 Å². The monoisotopic (exact) mass is 244 g/mol. The quantitative estimate of drug-likeness (QED) is 0.900. The van der Waals surface area contributed by atoms with Crippen molar-refractivity contribution in [3.63, 3.8) is 0 Å². The Morgan fingerprint density at radius 1 is 1.22 bits per heavy atom. The van der Waals surface area contributed by atoms with Gasteiger partial charge in [0.25, 0.3) is 0 Å². The lowest BCUT2D eigenvalue weighted by Crippen LogP contribution is -2.09. The Hall–Kier alpha value is -1.35. The van der Waals surface area contributed by atoms with Gasteiger partial charge in [-0.25, -0.2) is 4.98 Å². The van der Waals surface area contributed by atoms with Crippen molar-refractivity contribution < 1.29 is 4.42 Å². The van der Waals surface area contributed by atoms with Crippen molar-refractivity contribution in [3.05, 3.63) is 29.7 Å². The smallest absolute Gasteiger partial charge is 0.195 e. The average Bonchev–Trinajstić information content (AvgIpc) is 2.80. The second-order valence-corrected chi connectivity index (χ2v) is 5.32. The van der Waals surface area contributed by atoms with E-state index in [1.807, 2.05) is 18.2 Å². The Balaban J connectivity index is 1.79. The van der Waals surface area contributed by atoms with Gasteiger partial charge < -0.3 is 10.2 Å². The Bertz CT molecular complexity index is 526. The highest BCUT2D eigenvalue weighted by molar-refractivity contribution is 5.73. The summed E-state index contributed by atoms with van der Waals surface area (Å²) in [6.45, 7) is 0.550. The molecule has 18 heavy (non-hydrogen) atoms. The fraction of sp³-hybridized carbons (Fsp3) is 0.533. The van der Waals surface area contributed by atoms with Crippen molar-refractivity contribution >= 4 is 11.1 Å². The minimum atomic E-state index is 0.550. The highest BCUT2D eigenvalue weighted by Gasteiger charge is 2.17. The van der Waals surface area contributed by atoms with E-state index in [9.17, 15) is 0 Å². The third kappa shape index (κ3) is 2.41. The van der Waals surface area contributed by atoms with E-state index in [1.165, 1.54) is 32.1 Å². The zero-order valence-corrected chi connectivity index (χ0v) is 10.7. The maximum Gasteiger partial charge on any atom is 0.195 e. The molecule has 2 aromatic rings. The molecule has 2 N–H and O–H groups in total. The van der Waals surface area contributed by atoms with Crippen molar-refractivity contribution in [2.75, 3.05) is 0 Å². The molecule has 0 atom stereocenters. The standard InChI is InChI=1S/C15H20N2O/c16-10-12-6-7-13-14(8-12)18-15(17-13)9-11-4-2-1-3-5-11/h6-8,11H,1-5,9-10,16H2. The Labute approximate surface area is 107 Å². The van der Waals surface area contributed by atoms with Gasteiger partial charge >= 0.3 is 0 Å². The molecule has 3 nitrogen and oxygen atoms in total. The average molecular weight is 244 g/mol. The van der Waals surface area contributed by atoms with Gasteiger partial charge in [0.1, 0.15) is 5.52 Å². The van der Waals surface area contributed by atoms with E-state index in [-0.39, 0.29) is 0 Å². The number of nitrogens with two attached hydrogens (primary N) is 1. The number of aromatic nitrogens is 1. The molecule has 3 rings (SSSR count). The van der Waals surface area contributed by atoms with Crippen LogP contribution in [0.5, 0.6) is 0 Å². The second kappa shape index (κ2) is 5.11. The van der Waals surface area contributed by atoms with Gasteiger partial charge in [0.15, 0.2) is 11.5 Å². The topological polar surface area (TPSA) is 52.0 Å². The summed E-state index contributed by atoms with van der Waals surface area (Å²) in [7, 11) is 0. The maximum atomic E-state index is 5.85. The van der Waals surface area contributed by atoms with Gasteiger partial charge in [-0.1, -0.05) is 25.3 Å². The van der Waals surface area contributed by atoms with Gasteiger partial charge in [0, 0.05) is 13.0 Å². The first-order valence-corrected chi connectivity index (χ1v) is 6.93. The van der Waals surface area contributed by atoms with Crippen LogP contribution in [0, 0.1) is 5.92 Å². The molecule has 0 spiro atoms. The van der Waals surface area contributed by atoms with Crippen molar-refractivity contribution in [2.45, 2.75) is 45.1 Å². The van der Waals surface area contributed by atoms with Crippen molar-refractivity contribution in [1.82, 2.24) is 4.98 Å². The van der Waals surface area contributed by atoms with Crippen LogP contribution in [0.1, 0.15) is 43.6 Å². The van der Waals surface area contributed by atoms with Crippen LogP contribution < -0.4 is 5.73 Å². The Kier molecular flexibility index (Phi) is 3.33. The molecule has 0 bridgehead atoms. The predicted octanol–water partition coefficient (Wildman–Crippen LogP) is 3.41. The molecule has 1 aliphatic rings. The summed E-state index contributed by atoms with van der Waals surface area (Å²) in [5, 5.41) is 0. The number of fused-ring (bicyclic) bond motifs is 1. The summed E-state index contributed by atoms with van der Waals surface area (Å²) in [5.41, 5.74) is 8.57. The van der Waals surface area contributed by atoms with E-state index in [0.29, 0.717) is 6.54 Å². The van der Waals surface area contributed by atoms with Crippen LogP contribution in [0.15, 0.2) is 22.6 Å². The van der Waals surface area contributed by atoms with E-state index in [2.05, 4.69) is 4.98 Å². The molecule has 1 aromatic heterocycles. The summed E-state index contributed by atoms with van der Waals surface area (Å²) in [5.74, 6) is 1.66. The predicted molar refractivity (Wildman–Crippen MR) is 72.2 cm³/mol. The summed E-state index contributed by atoms with van der Waals surface area (Å²) in [4.78, 5) is 4.57. The van der Waals surface area contributed by atoms with Gasteiger partial charge in [-0.05, 0) is 36.5 Å². The van der Waals surface area contributed by atoms with E-state index in [0.717, 1.165) is 34.9 Å². The molecule has 0 unspecified atom stereocenters. The molecule has 1 fully saturated rings. The third-order valence-corrected chi connectivity index (χ3v) is 3.92. The van der Waals surface area contributed by atoms with Crippen molar-refractivity contribution in [3.8, 4) is 0 Å². The number of oxazole rings is 1. The van der Waals surface area contributed by atoms with Gasteiger partial charge in [0.2, 0.25) is 0 Å². The van der Waals surface area contributed by atoms with Gasteiger partial charge in [0.05, 0.1) is 0 Å². The van der Waals surface area contributed by atoms with Gasteiger partial charge in [-0.15, -0.1) is 0 Å². The molecular weight excluding hydrogens is 224 g/mol. The molecule has 0 amide bonds. The maximum absolute atomic E-state index is 5.85. The van der Waals surface area contributed by atoms with Crippen LogP contribution in [0.4, 0.5) is 0 Å². The fourth-order valence-electron chi connectivity index (χ4n) is 2.87. The highest BCUT2D eigenvalue weighted by Crippen LogP contribution is 2.28. The van der Waals surface area contributed by atoms with Crippen LogP contribution in [-0.2, 0) is 13.0 Å². The lowest BCUT2D eigenvalue weighted by atomic mass is 9.87. The van der Waals surface area contributed by atoms with Crippen LogP contribution in [0.25, 0.3) is 11.1 Å². The lowest BCUT2D eigenvalue weighted by Gasteiger charge is -2.19. The Morgan fingerprint density at radius 3 is 2.83 bits per heavy atom. The third-order valence-electron chi connectivity index (χ3n) is 3.92. The molecule has 1 aromatic carbocycles. The van der Waals surface area contributed by atoms with E-state index < -0.39 is 0 Å².